The Hall–Kier alpha value is -8.50. The van der Waals surface area contributed by atoms with Crippen LogP contribution in [-0.4, -0.2) is 171 Å². The zero-order valence-electron chi connectivity index (χ0n) is 52.7. The Labute approximate surface area is 552 Å². The average Bonchev–Trinajstić information content (AvgIpc) is 1.75. The SMILES string of the molecule is CCCN(CCCC(=O)N[C@H](Cc1ccccc1)C(=O)N[C@@H](CS)C(=O)N[C@@H](Cc1ccc(O)cc1)C(=O)N[C@H](Cc1c[nH]c2ccccc12)C(=O)N[C@@H](CCCCN)C(=O)N[C@@H](CC)C(=O)N[C@@H](CS)C(=O)N[C@H](C(N)=O)[C@@H](C)O)CCc1cccc2c1CC(=O)N2. The molecular weight excluding hydrogens is 1230 g/mol. The standard InChI is InChI=1S/C66H89N13O12S2/c1-4-29-79(31-27-42-17-13-21-49-46(42)35-57(83)70-49)30-14-22-56(82)71-51(32-40-15-7-6-8-16-40)62(87)77-54(37-92)65(90)74-52(33-41-23-25-44(81)26-24-41)63(88)75-53(34-43-36-69-48-19-10-9-18-45(43)48)64(89)73-50(20-11-12-28-67)61(86)72-47(5-2)60(85)76-55(38-93)66(91)78-58(39(3)80)59(68)84/h6-10,13,15-19,21,23-26,36,39,47,50-55,58,69,80-81,92-93H,4-5,11-12,14,20,22,27-35,37-38,67H2,1-3H3,(H2,68,84)(H,70,83)(H,71,82)(H,72,86)(H,73,89)(H,74,90)(H,75,88)(H,76,85)(H,77,87)(H,78,91)/t39-,47+,50+,51-,52+,53-,54+,55+,58+/m1/s1. The van der Waals surface area contributed by atoms with E-state index in [2.05, 4.69) is 89.9 Å². The highest BCUT2D eigenvalue weighted by Gasteiger charge is 2.36. The molecule has 502 valence electrons. The molecule has 16 N–H and O–H groups in total. The number of aliphatic hydroxyl groups excluding tert-OH is 1. The van der Waals surface area contributed by atoms with Crippen molar-refractivity contribution in [3.05, 3.63) is 131 Å². The molecule has 0 aliphatic carbocycles. The maximum atomic E-state index is 15.0. The molecular formula is C66H89N13O12S2. The predicted molar refractivity (Wildman–Crippen MR) is 360 cm³/mol. The highest BCUT2D eigenvalue weighted by Crippen LogP contribution is 2.27. The van der Waals surface area contributed by atoms with Crippen LogP contribution in [0.2, 0.25) is 0 Å². The van der Waals surface area contributed by atoms with Gasteiger partial charge in [-0.2, -0.15) is 25.3 Å². The molecule has 2 heterocycles. The van der Waals surface area contributed by atoms with Gasteiger partial charge in [0.05, 0.1) is 12.5 Å². The molecule has 0 saturated heterocycles. The van der Waals surface area contributed by atoms with Crippen LogP contribution in [0.5, 0.6) is 5.75 Å². The van der Waals surface area contributed by atoms with E-state index in [1.165, 1.54) is 19.1 Å². The number of amides is 10. The number of phenols is 1. The normalized spacial score (nSPS) is 14.7. The number of unbranched alkanes of at least 4 members (excludes halogenated alkanes) is 1. The summed E-state index contributed by atoms with van der Waals surface area (Å²) in [6.07, 6.45) is 3.41. The molecule has 0 unspecified atom stereocenters. The van der Waals surface area contributed by atoms with Crippen LogP contribution in [0.25, 0.3) is 10.9 Å². The molecule has 1 aliphatic heterocycles. The smallest absolute Gasteiger partial charge is 0.244 e. The molecule has 9 atom stereocenters. The first-order chi connectivity index (χ1) is 44.6. The fourth-order valence-corrected chi connectivity index (χ4v) is 11.4. The number of para-hydroxylation sites is 1. The van der Waals surface area contributed by atoms with Crippen LogP contribution in [0, 0.1) is 0 Å². The van der Waals surface area contributed by atoms with Crippen molar-refractivity contribution < 1.29 is 58.2 Å². The van der Waals surface area contributed by atoms with Crippen molar-refractivity contribution in [3.63, 3.8) is 0 Å². The lowest BCUT2D eigenvalue weighted by Gasteiger charge is -2.28. The first-order valence-electron chi connectivity index (χ1n) is 31.5. The van der Waals surface area contributed by atoms with Gasteiger partial charge in [0.25, 0.3) is 0 Å². The number of benzene rings is 4. The summed E-state index contributed by atoms with van der Waals surface area (Å²) in [5.41, 5.74) is 16.7. The van der Waals surface area contributed by atoms with E-state index in [0.717, 1.165) is 52.7 Å². The van der Waals surface area contributed by atoms with E-state index < -0.39 is 102 Å². The monoisotopic (exact) mass is 1320 g/mol. The van der Waals surface area contributed by atoms with Gasteiger partial charge >= 0.3 is 0 Å². The van der Waals surface area contributed by atoms with Crippen molar-refractivity contribution in [2.75, 3.05) is 43.0 Å². The second-order valence-corrected chi connectivity index (χ2v) is 23.9. The lowest BCUT2D eigenvalue weighted by atomic mass is 10.0. The maximum Gasteiger partial charge on any atom is 0.244 e. The summed E-state index contributed by atoms with van der Waals surface area (Å²) in [5.74, 6) is -7.67. The summed E-state index contributed by atoms with van der Waals surface area (Å²) < 4.78 is 0. The Kier molecular flexibility index (Phi) is 29.5. The molecule has 5 aromatic rings. The molecule has 0 bridgehead atoms. The zero-order chi connectivity index (χ0) is 67.6. The minimum Gasteiger partial charge on any atom is -0.508 e. The van der Waals surface area contributed by atoms with Crippen LogP contribution in [0.4, 0.5) is 5.69 Å². The number of hydrogen-bond donors (Lipinski definition) is 16. The van der Waals surface area contributed by atoms with Gasteiger partial charge in [-0.3, -0.25) is 47.9 Å². The number of aromatic amines is 1. The summed E-state index contributed by atoms with van der Waals surface area (Å²) >= 11 is 8.63. The number of nitrogens with two attached hydrogens (primary N) is 2. The average molecular weight is 1320 g/mol. The van der Waals surface area contributed by atoms with Crippen molar-refractivity contribution in [2.45, 2.75) is 152 Å². The van der Waals surface area contributed by atoms with Gasteiger partial charge in [-0.1, -0.05) is 86.6 Å². The van der Waals surface area contributed by atoms with E-state index in [0.29, 0.717) is 49.9 Å². The maximum absolute atomic E-state index is 15.0. The number of aliphatic hydroxyl groups is 1. The molecule has 1 aromatic heterocycles. The summed E-state index contributed by atoms with van der Waals surface area (Å²) in [4.78, 5) is 143. The third-order valence-electron chi connectivity index (χ3n) is 16.0. The zero-order valence-corrected chi connectivity index (χ0v) is 54.5. The second kappa shape index (κ2) is 37.3. The molecule has 6 rings (SSSR count). The minimum atomic E-state index is -1.47. The van der Waals surface area contributed by atoms with E-state index in [1.54, 1.807) is 43.5 Å². The van der Waals surface area contributed by atoms with Gasteiger partial charge in [0.1, 0.15) is 54.1 Å². The number of H-pyrrole nitrogens is 1. The molecule has 0 fully saturated rings. The number of fused-ring (bicyclic) bond motifs is 2. The first kappa shape index (κ1) is 73.6. The van der Waals surface area contributed by atoms with Crippen LogP contribution in [0.15, 0.2) is 103 Å². The number of thiol groups is 2. The topological polar surface area (TPSA) is 390 Å². The van der Waals surface area contributed by atoms with Crippen molar-refractivity contribution >= 4 is 101 Å². The lowest BCUT2D eigenvalue weighted by Crippen LogP contribution is -2.61. The number of aromatic hydroxyl groups is 1. The van der Waals surface area contributed by atoms with Gasteiger partial charge in [0.2, 0.25) is 59.1 Å². The van der Waals surface area contributed by atoms with Crippen LogP contribution in [0.1, 0.15) is 93.5 Å². The highest BCUT2D eigenvalue weighted by atomic mass is 32.1. The predicted octanol–water partition coefficient (Wildman–Crippen LogP) is 1.27. The number of nitrogens with zero attached hydrogens (tertiary/aromatic N) is 1. The van der Waals surface area contributed by atoms with Crippen LogP contribution in [0.3, 0.4) is 0 Å². The second-order valence-electron chi connectivity index (χ2n) is 23.2. The number of carbonyl (C=O) groups excluding carboxylic acids is 10. The Morgan fingerprint density at radius 3 is 1.75 bits per heavy atom. The van der Waals surface area contributed by atoms with Gasteiger partial charge in [-0.25, -0.2) is 0 Å². The number of hydrogen-bond acceptors (Lipinski definition) is 16. The van der Waals surface area contributed by atoms with Crippen molar-refractivity contribution in [1.29, 1.82) is 0 Å². The Morgan fingerprint density at radius 1 is 0.591 bits per heavy atom. The molecule has 0 saturated carbocycles. The fourth-order valence-electron chi connectivity index (χ4n) is 10.9. The third kappa shape index (κ3) is 22.6. The molecule has 93 heavy (non-hydrogen) atoms. The summed E-state index contributed by atoms with van der Waals surface area (Å²) in [6, 6.07) is 17.3. The Morgan fingerprint density at radius 2 is 1.14 bits per heavy atom. The van der Waals surface area contributed by atoms with Crippen molar-refractivity contribution in [1.82, 2.24) is 52.4 Å². The van der Waals surface area contributed by atoms with Gasteiger partial charge in [-0.05, 0) is 124 Å². The van der Waals surface area contributed by atoms with E-state index in [1.807, 2.05) is 54.6 Å². The molecule has 0 radical (unpaired) electrons. The molecule has 4 aromatic carbocycles. The number of primary amides is 1. The van der Waals surface area contributed by atoms with E-state index in [9.17, 15) is 58.2 Å². The number of nitrogens with one attached hydrogen (secondary N) is 10. The molecule has 10 amide bonds. The summed E-state index contributed by atoms with van der Waals surface area (Å²) in [5, 5.41) is 45.3. The fraction of sp³-hybridized carbons (Fsp3) is 0.455. The van der Waals surface area contributed by atoms with Gasteiger partial charge < -0.3 is 79.4 Å². The Bertz CT molecular complexity index is 3360. The molecule has 1 aliphatic rings. The number of carbonyl (C=O) groups is 10. The molecule has 27 heteroatoms. The van der Waals surface area contributed by atoms with E-state index in [-0.39, 0.29) is 74.1 Å². The number of rotatable bonds is 39. The van der Waals surface area contributed by atoms with E-state index in [4.69, 9.17) is 11.5 Å². The van der Waals surface area contributed by atoms with Crippen molar-refractivity contribution in [2.24, 2.45) is 11.5 Å². The van der Waals surface area contributed by atoms with Crippen LogP contribution < -0.4 is 59.3 Å². The molecule has 0 spiro atoms. The van der Waals surface area contributed by atoms with Gasteiger partial charge in [0.15, 0.2) is 0 Å². The number of aromatic nitrogens is 1. The first-order valence-corrected chi connectivity index (χ1v) is 32.7. The third-order valence-corrected chi connectivity index (χ3v) is 16.7. The number of anilines is 1. The minimum absolute atomic E-state index is 0.0115. The van der Waals surface area contributed by atoms with Gasteiger partial charge in [0, 0.05) is 66.5 Å². The lowest BCUT2D eigenvalue weighted by molar-refractivity contribution is -0.136. The highest BCUT2D eigenvalue weighted by molar-refractivity contribution is 7.80. The van der Waals surface area contributed by atoms with Crippen LogP contribution >= 0.6 is 25.3 Å². The Balaban J connectivity index is 1.19. The van der Waals surface area contributed by atoms with Gasteiger partial charge in [-0.15, -0.1) is 0 Å². The summed E-state index contributed by atoms with van der Waals surface area (Å²) in [6.45, 7) is 7.29. The quantitative estimate of drug-likeness (QED) is 0.0195. The molecule has 25 nitrogen and oxygen atoms in total. The number of phenolic OH excluding ortho intramolecular Hbond substituents is 1. The van der Waals surface area contributed by atoms with Crippen molar-refractivity contribution in [3.8, 4) is 5.75 Å². The van der Waals surface area contributed by atoms with E-state index >= 15 is 0 Å². The van der Waals surface area contributed by atoms with Crippen LogP contribution in [-0.2, 0) is 80.0 Å². The largest absolute Gasteiger partial charge is 0.508 e. The summed E-state index contributed by atoms with van der Waals surface area (Å²) in [7, 11) is 0.